The first-order chi connectivity index (χ1) is 14.6. The van der Waals surface area contributed by atoms with Crippen molar-refractivity contribution < 1.29 is 26.4 Å². The van der Waals surface area contributed by atoms with Gasteiger partial charge in [-0.3, -0.25) is 9.69 Å². The van der Waals surface area contributed by atoms with Crippen LogP contribution in [0.5, 0.6) is 0 Å². The van der Waals surface area contributed by atoms with Gasteiger partial charge in [-0.1, -0.05) is 37.3 Å². The fourth-order valence-corrected chi connectivity index (χ4v) is 5.97. The Morgan fingerprint density at radius 2 is 1.68 bits per heavy atom. The molecule has 3 rings (SSSR count). The lowest BCUT2D eigenvalue weighted by Crippen LogP contribution is -2.51. The molecule has 0 spiro atoms. The number of amides is 1. The highest BCUT2D eigenvalue weighted by atomic mass is 35.5. The second-order valence-corrected chi connectivity index (χ2v) is 10.4. The minimum absolute atomic E-state index is 0.0750. The lowest BCUT2D eigenvalue weighted by molar-refractivity contribution is -0.137. The molecule has 0 atom stereocenters. The zero-order valence-electron chi connectivity index (χ0n) is 17.1. The largest absolute Gasteiger partial charge is 0.416 e. The molecular weight excluding hydrogens is 455 g/mol. The van der Waals surface area contributed by atoms with Crippen LogP contribution in [0, 0.1) is 0 Å². The maximum atomic E-state index is 13.0. The van der Waals surface area contributed by atoms with E-state index in [-0.39, 0.29) is 36.6 Å². The van der Waals surface area contributed by atoms with Crippen LogP contribution >= 0.6 is 11.6 Å². The van der Waals surface area contributed by atoms with Crippen molar-refractivity contribution in [2.24, 2.45) is 0 Å². The summed E-state index contributed by atoms with van der Waals surface area (Å²) in [4.78, 5) is 13.7. The van der Waals surface area contributed by atoms with Gasteiger partial charge in [-0.2, -0.15) is 17.5 Å². The van der Waals surface area contributed by atoms with E-state index in [1.165, 1.54) is 12.8 Å². The molecular formula is C20H27ClF3N3O3S. The maximum Gasteiger partial charge on any atom is 0.416 e. The second kappa shape index (κ2) is 10.1. The number of sulfonamides is 1. The van der Waals surface area contributed by atoms with E-state index >= 15 is 0 Å². The molecule has 0 radical (unpaired) electrons. The fraction of sp³-hybridized carbons (Fsp3) is 0.650. The number of carbonyl (C=O) groups excluding carboxylic acids is 1. The van der Waals surface area contributed by atoms with Gasteiger partial charge in [0.1, 0.15) is 4.90 Å². The number of halogens is 4. The molecule has 1 amide bonds. The summed E-state index contributed by atoms with van der Waals surface area (Å²) < 4.78 is 65.9. The van der Waals surface area contributed by atoms with Gasteiger partial charge in [0.25, 0.3) is 0 Å². The molecule has 1 aromatic carbocycles. The van der Waals surface area contributed by atoms with Gasteiger partial charge in [-0.15, -0.1) is 0 Å². The Morgan fingerprint density at radius 3 is 2.26 bits per heavy atom. The average Bonchev–Trinajstić information content (AvgIpc) is 2.96. The average molecular weight is 482 g/mol. The van der Waals surface area contributed by atoms with Gasteiger partial charge < -0.3 is 5.32 Å². The standard InChI is InChI=1S/C20H27ClF3N3O3S/c21-17-8-7-15(20(22,23)24)13-18(17)31(29,30)27-11-9-26(10-12-27)14-19(28)25-16-5-3-1-2-4-6-16/h7-8,13,16H,1-6,9-12,14H2,(H,25,28). The molecule has 31 heavy (non-hydrogen) atoms. The molecule has 1 aromatic rings. The molecule has 6 nitrogen and oxygen atoms in total. The topological polar surface area (TPSA) is 69.7 Å². The predicted molar refractivity (Wildman–Crippen MR) is 111 cm³/mol. The second-order valence-electron chi connectivity index (χ2n) is 8.08. The van der Waals surface area contributed by atoms with Crippen LogP contribution in [0.1, 0.15) is 44.1 Å². The molecule has 1 saturated carbocycles. The summed E-state index contributed by atoms with van der Waals surface area (Å²) in [6.07, 6.45) is 1.90. The smallest absolute Gasteiger partial charge is 0.352 e. The van der Waals surface area contributed by atoms with Crippen LogP contribution in [0.4, 0.5) is 13.2 Å². The van der Waals surface area contributed by atoms with Crippen molar-refractivity contribution in [2.75, 3.05) is 32.7 Å². The van der Waals surface area contributed by atoms with Gasteiger partial charge in [0, 0.05) is 32.2 Å². The van der Waals surface area contributed by atoms with Gasteiger partial charge in [0.05, 0.1) is 17.1 Å². The predicted octanol–water partition coefficient (Wildman–Crippen LogP) is 3.50. The Hall–Kier alpha value is -1.36. The molecule has 0 unspecified atom stereocenters. The Morgan fingerprint density at radius 1 is 1.06 bits per heavy atom. The Labute approximate surface area is 185 Å². The quantitative estimate of drug-likeness (QED) is 0.653. The molecule has 1 aliphatic heterocycles. The van der Waals surface area contributed by atoms with Gasteiger partial charge in [-0.25, -0.2) is 8.42 Å². The van der Waals surface area contributed by atoms with Crippen LogP contribution in [0.25, 0.3) is 0 Å². The van der Waals surface area contributed by atoms with E-state index in [0.29, 0.717) is 19.2 Å². The zero-order chi connectivity index (χ0) is 22.6. The Balaban J connectivity index is 1.58. The molecule has 1 aliphatic carbocycles. The van der Waals surface area contributed by atoms with Crippen molar-refractivity contribution in [3.63, 3.8) is 0 Å². The third-order valence-corrected chi connectivity index (χ3v) is 8.18. The van der Waals surface area contributed by atoms with Crippen molar-refractivity contribution in [1.29, 1.82) is 0 Å². The van der Waals surface area contributed by atoms with E-state index in [1.54, 1.807) is 0 Å². The summed E-state index contributed by atoms with van der Waals surface area (Å²) in [6, 6.07) is 2.47. The maximum absolute atomic E-state index is 13.0. The van der Waals surface area contributed by atoms with Crippen molar-refractivity contribution >= 4 is 27.5 Å². The van der Waals surface area contributed by atoms with Gasteiger partial charge in [0.15, 0.2) is 0 Å². The van der Waals surface area contributed by atoms with Crippen LogP contribution < -0.4 is 5.32 Å². The molecule has 1 N–H and O–H groups in total. The summed E-state index contributed by atoms with van der Waals surface area (Å²) in [5, 5.41) is 2.81. The van der Waals surface area contributed by atoms with Crippen molar-refractivity contribution in [1.82, 2.24) is 14.5 Å². The SMILES string of the molecule is O=C(CN1CCN(S(=O)(=O)c2cc(C(F)(F)F)ccc2Cl)CC1)NC1CCCCCC1. The van der Waals surface area contributed by atoms with E-state index < -0.39 is 26.7 Å². The summed E-state index contributed by atoms with van der Waals surface area (Å²) in [5.74, 6) is -0.0795. The van der Waals surface area contributed by atoms with Crippen LogP contribution in [-0.4, -0.2) is 62.3 Å². The monoisotopic (exact) mass is 481 g/mol. The molecule has 1 saturated heterocycles. The van der Waals surface area contributed by atoms with E-state index in [1.807, 2.05) is 4.90 Å². The van der Waals surface area contributed by atoms with Gasteiger partial charge in [-0.05, 0) is 31.0 Å². The summed E-state index contributed by atoms with van der Waals surface area (Å²) in [6.45, 7) is 0.952. The lowest BCUT2D eigenvalue weighted by Gasteiger charge is -2.34. The summed E-state index contributed by atoms with van der Waals surface area (Å²) in [5.41, 5.74) is -1.07. The van der Waals surface area contributed by atoms with E-state index in [2.05, 4.69) is 5.32 Å². The number of hydrogen-bond acceptors (Lipinski definition) is 4. The Kier molecular flexibility index (Phi) is 7.88. The highest BCUT2D eigenvalue weighted by Gasteiger charge is 2.35. The molecule has 174 valence electrons. The molecule has 1 heterocycles. The van der Waals surface area contributed by atoms with E-state index in [4.69, 9.17) is 11.6 Å². The molecule has 0 bridgehead atoms. The lowest BCUT2D eigenvalue weighted by atomic mass is 10.1. The van der Waals surface area contributed by atoms with Gasteiger partial charge in [0.2, 0.25) is 15.9 Å². The normalized spacial score (nSPS) is 20.4. The first kappa shape index (κ1) is 24.3. The molecule has 2 fully saturated rings. The number of piperazine rings is 1. The zero-order valence-corrected chi connectivity index (χ0v) is 18.7. The Bertz CT molecular complexity index is 879. The van der Waals surface area contributed by atoms with E-state index in [0.717, 1.165) is 42.1 Å². The number of alkyl halides is 3. The fourth-order valence-electron chi connectivity index (χ4n) is 4.04. The van der Waals surface area contributed by atoms with Gasteiger partial charge >= 0.3 is 6.18 Å². The minimum atomic E-state index is -4.67. The third kappa shape index (κ3) is 6.34. The number of carbonyl (C=O) groups is 1. The summed E-state index contributed by atoms with van der Waals surface area (Å²) >= 11 is 5.92. The number of nitrogens with zero attached hydrogens (tertiary/aromatic N) is 2. The molecule has 2 aliphatic rings. The van der Waals surface area contributed by atoms with Crippen LogP contribution in [0.2, 0.25) is 5.02 Å². The summed E-state index contributed by atoms with van der Waals surface area (Å²) in [7, 11) is -4.18. The highest BCUT2D eigenvalue weighted by Crippen LogP contribution is 2.34. The molecule has 0 aromatic heterocycles. The number of rotatable bonds is 5. The number of hydrogen-bond donors (Lipinski definition) is 1. The first-order valence-electron chi connectivity index (χ1n) is 10.5. The highest BCUT2D eigenvalue weighted by molar-refractivity contribution is 7.89. The first-order valence-corrected chi connectivity index (χ1v) is 12.3. The number of nitrogens with one attached hydrogen (secondary N) is 1. The van der Waals surface area contributed by atoms with Crippen LogP contribution in [-0.2, 0) is 21.0 Å². The number of benzene rings is 1. The van der Waals surface area contributed by atoms with E-state index in [9.17, 15) is 26.4 Å². The third-order valence-electron chi connectivity index (χ3n) is 5.80. The minimum Gasteiger partial charge on any atom is -0.352 e. The van der Waals surface area contributed by atoms with Crippen molar-refractivity contribution in [3.8, 4) is 0 Å². The van der Waals surface area contributed by atoms with Crippen molar-refractivity contribution in [2.45, 2.75) is 55.6 Å². The van der Waals surface area contributed by atoms with Crippen LogP contribution in [0.15, 0.2) is 23.1 Å². The van der Waals surface area contributed by atoms with Crippen molar-refractivity contribution in [3.05, 3.63) is 28.8 Å². The molecule has 11 heteroatoms. The van der Waals surface area contributed by atoms with Crippen LogP contribution in [0.3, 0.4) is 0 Å².